The van der Waals surface area contributed by atoms with Gasteiger partial charge in [0.15, 0.2) is 0 Å². The van der Waals surface area contributed by atoms with E-state index >= 15 is 0 Å². The zero-order valence-corrected chi connectivity index (χ0v) is 16.8. The quantitative estimate of drug-likeness (QED) is 0.662. The van der Waals surface area contributed by atoms with E-state index in [1.165, 1.54) is 5.56 Å². The first-order chi connectivity index (χ1) is 13.7. The standard InChI is InChI=1S/C16H24N2O3S.C2HF3O2/c1-20-6-4-17-16(19)14-8-13-2-5-18(10-15(13)21-14)9-12-3-7-22-11-12;3-2(4,5)1(6)7/h3,7,11,13-15H,2,4-6,8-10H2,1H3,(H,17,19);(H,6,7)/t13-,14-,15-;/m0./s1. The van der Waals surface area contributed by atoms with Crippen LogP contribution in [0.4, 0.5) is 13.2 Å². The van der Waals surface area contributed by atoms with Crippen molar-refractivity contribution in [1.29, 1.82) is 0 Å². The number of fused-ring (bicyclic) bond motifs is 1. The minimum Gasteiger partial charge on any atom is -0.475 e. The molecule has 0 bridgehead atoms. The van der Waals surface area contributed by atoms with Gasteiger partial charge in [-0.2, -0.15) is 24.5 Å². The van der Waals surface area contributed by atoms with Crippen LogP contribution in [0.1, 0.15) is 18.4 Å². The first-order valence-corrected chi connectivity index (χ1v) is 10.1. The molecule has 164 valence electrons. The minimum absolute atomic E-state index is 0.0100. The number of rotatable bonds is 6. The third kappa shape index (κ3) is 7.57. The number of alkyl halides is 3. The van der Waals surface area contributed by atoms with Crippen LogP contribution in [0.3, 0.4) is 0 Å². The molecule has 0 aliphatic carbocycles. The second-order valence-electron chi connectivity index (χ2n) is 6.90. The smallest absolute Gasteiger partial charge is 0.475 e. The normalized spacial score (nSPS) is 24.3. The van der Waals surface area contributed by atoms with Crippen molar-refractivity contribution in [2.24, 2.45) is 5.92 Å². The highest BCUT2D eigenvalue weighted by Gasteiger charge is 2.41. The molecule has 7 nitrogen and oxygen atoms in total. The molecule has 2 saturated heterocycles. The number of carboxylic acid groups (broad SMARTS) is 1. The highest BCUT2D eigenvalue weighted by atomic mass is 32.1. The van der Waals surface area contributed by atoms with E-state index in [2.05, 4.69) is 27.0 Å². The summed E-state index contributed by atoms with van der Waals surface area (Å²) in [6.07, 6.45) is -3.19. The Balaban J connectivity index is 0.000000370. The number of carbonyl (C=O) groups excluding carboxylic acids is 1. The molecule has 1 aromatic rings. The van der Waals surface area contributed by atoms with Gasteiger partial charge in [-0.1, -0.05) is 0 Å². The fourth-order valence-electron chi connectivity index (χ4n) is 3.34. The van der Waals surface area contributed by atoms with Gasteiger partial charge in [-0.25, -0.2) is 4.79 Å². The molecule has 0 aromatic carbocycles. The summed E-state index contributed by atoms with van der Waals surface area (Å²) in [7, 11) is 1.63. The predicted octanol–water partition coefficient (Wildman–Crippen LogP) is 2.12. The molecule has 1 aromatic heterocycles. The van der Waals surface area contributed by atoms with Gasteiger partial charge >= 0.3 is 12.1 Å². The molecule has 29 heavy (non-hydrogen) atoms. The average molecular weight is 438 g/mol. The Bertz CT molecular complexity index is 656. The Labute approximate surface area is 170 Å². The Morgan fingerprint density at radius 3 is 2.76 bits per heavy atom. The third-order valence-corrected chi connectivity index (χ3v) is 5.49. The molecule has 3 rings (SSSR count). The fourth-order valence-corrected chi connectivity index (χ4v) is 4.00. The largest absolute Gasteiger partial charge is 0.490 e. The maximum Gasteiger partial charge on any atom is 0.490 e. The number of nitrogens with zero attached hydrogens (tertiary/aromatic N) is 1. The first-order valence-electron chi connectivity index (χ1n) is 9.16. The summed E-state index contributed by atoms with van der Waals surface area (Å²) in [5.74, 6) is -2.22. The summed E-state index contributed by atoms with van der Waals surface area (Å²) in [5, 5.41) is 14.3. The molecule has 2 fully saturated rings. The topological polar surface area (TPSA) is 88.1 Å². The van der Waals surface area contributed by atoms with Crippen LogP contribution >= 0.6 is 11.3 Å². The molecule has 2 aliphatic heterocycles. The number of hydrogen-bond donors (Lipinski definition) is 2. The van der Waals surface area contributed by atoms with Crippen LogP contribution < -0.4 is 5.32 Å². The molecule has 2 aliphatic rings. The lowest BCUT2D eigenvalue weighted by Crippen LogP contribution is -2.42. The van der Waals surface area contributed by atoms with Crippen LogP contribution in [0.2, 0.25) is 0 Å². The van der Waals surface area contributed by atoms with Crippen LogP contribution in [-0.2, 0) is 25.6 Å². The highest BCUT2D eigenvalue weighted by Crippen LogP contribution is 2.33. The van der Waals surface area contributed by atoms with Gasteiger partial charge in [0.25, 0.3) is 0 Å². The van der Waals surface area contributed by atoms with E-state index < -0.39 is 12.1 Å². The van der Waals surface area contributed by atoms with Crippen molar-refractivity contribution in [3.8, 4) is 0 Å². The number of amides is 1. The van der Waals surface area contributed by atoms with Gasteiger partial charge < -0.3 is 19.9 Å². The number of carboxylic acids is 1. The van der Waals surface area contributed by atoms with Crippen molar-refractivity contribution in [1.82, 2.24) is 10.2 Å². The monoisotopic (exact) mass is 438 g/mol. The van der Waals surface area contributed by atoms with Crippen molar-refractivity contribution >= 4 is 23.2 Å². The molecule has 0 spiro atoms. The lowest BCUT2D eigenvalue weighted by Gasteiger charge is -2.33. The van der Waals surface area contributed by atoms with Crippen molar-refractivity contribution in [3.05, 3.63) is 22.4 Å². The van der Waals surface area contributed by atoms with Gasteiger partial charge in [-0.15, -0.1) is 0 Å². The molecule has 3 heterocycles. The lowest BCUT2D eigenvalue weighted by molar-refractivity contribution is -0.192. The third-order valence-electron chi connectivity index (χ3n) is 4.76. The summed E-state index contributed by atoms with van der Waals surface area (Å²) in [4.78, 5) is 23.4. The molecule has 0 radical (unpaired) electrons. The molecule has 11 heteroatoms. The van der Waals surface area contributed by atoms with E-state index in [1.807, 2.05) is 0 Å². The summed E-state index contributed by atoms with van der Waals surface area (Å²) in [5.41, 5.74) is 1.37. The van der Waals surface area contributed by atoms with Gasteiger partial charge in [0.1, 0.15) is 6.10 Å². The maximum atomic E-state index is 12.1. The van der Waals surface area contributed by atoms with E-state index in [0.717, 1.165) is 32.5 Å². The van der Waals surface area contributed by atoms with Crippen LogP contribution in [0.15, 0.2) is 16.8 Å². The molecular formula is C18H25F3N2O5S. The van der Waals surface area contributed by atoms with Crippen molar-refractivity contribution < 1.29 is 37.3 Å². The summed E-state index contributed by atoms with van der Waals surface area (Å²) >= 11 is 1.74. The van der Waals surface area contributed by atoms with E-state index in [9.17, 15) is 18.0 Å². The number of nitrogens with one attached hydrogen (secondary N) is 1. The first kappa shape index (κ1) is 23.6. The second kappa shape index (κ2) is 10.9. The zero-order valence-electron chi connectivity index (χ0n) is 16.0. The number of piperidine rings is 1. The fraction of sp³-hybridized carbons (Fsp3) is 0.667. The van der Waals surface area contributed by atoms with Gasteiger partial charge in [0.2, 0.25) is 5.91 Å². The van der Waals surface area contributed by atoms with E-state index in [0.29, 0.717) is 19.1 Å². The Morgan fingerprint density at radius 1 is 1.45 bits per heavy atom. The lowest BCUT2D eigenvalue weighted by atomic mass is 9.91. The second-order valence-corrected chi connectivity index (χ2v) is 7.68. The average Bonchev–Trinajstić information content (AvgIpc) is 3.30. The molecule has 0 saturated carbocycles. The molecular weight excluding hydrogens is 413 g/mol. The van der Waals surface area contributed by atoms with Crippen molar-refractivity contribution in [3.63, 3.8) is 0 Å². The van der Waals surface area contributed by atoms with Crippen molar-refractivity contribution in [2.45, 2.75) is 37.8 Å². The molecule has 0 unspecified atom stereocenters. The number of ether oxygens (including phenoxy) is 2. The summed E-state index contributed by atoms with van der Waals surface area (Å²) in [6, 6.07) is 2.18. The number of thiophene rings is 1. The van der Waals surface area contributed by atoms with Gasteiger partial charge in [0.05, 0.1) is 12.7 Å². The Hall–Kier alpha value is -1.69. The number of carbonyl (C=O) groups is 2. The number of hydrogen-bond acceptors (Lipinski definition) is 6. The Kier molecular flexibility index (Phi) is 8.87. The SMILES string of the molecule is COCCNC(=O)[C@@H]1C[C@@H]2CCN(Cc3ccsc3)C[C@@H]2O1.O=C(O)C(F)(F)F. The Morgan fingerprint density at radius 2 is 2.17 bits per heavy atom. The predicted molar refractivity (Wildman–Crippen MR) is 99.6 cm³/mol. The van der Waals surface area contributed by atoms with Crippen LogP contribution in [0, 0.1) is 5.92 Å². The molecule has 1 amide bonds. The number of halogens is 3. The maximum absolute atomic E-state index is 12.1. The summed E-state index contributed by atoms with van der Waals surface area (Å²) in [6.45, 7) is 4.11. The van der Waals surface area contributed by atoms with E-state index in [4.69, 9.17) is 19.4 Å². The van der Waals surface area contributed by atoms with E-state index in [1.54, 1.807) is 18.4 Å². The van der Waals surface area contributed by atoms with Crippen molar-refractivity contribution in [2.75, 3.05) is 33.4 Å². The van der Waals surface area contributed by atoms with Gasteiger partial charge in [0, 0.05) is 26.7 Å². The van der Waals surface area contributed by atoms with Gasteiger partial charge in [-0.05, 0) is 47.7 Å². The van der Waals surface area contributed by atoms with Crippen LogP contribution in [0.25, 0.3) is 0 Å². The highest BCUT2D eigenvalue weighted by molar-refractivity contribution is 7.07. The van der Waals surface area contributed by atoms with Gasteiger partial charge in [-0.3, -0.25) is 9.69 Å². The zero-order chi connectivity index (χ0) is 21.4. The van der Waals surface area contributed by atoms with Crippen LogP contribution in [0.5, 0.6) is 0 Å². The molecule has 2 N–H and O–H groups in total. The summed E-state index contributed by atoms with van der Waals surface area (Å²) < 4.78 is 42.7. The minimum atomic E-state index is -5.08. The number of aliphatic carboxylic acids is 1. The number of likely N-dealkylation sites (tertiary alicyclic amines) is 1. The van der Waals surface area contributed by atoms with Crippen LogP contribution in [-0.4, -0.2) is 73.6 Å². The molecule has 3 atom stereocenters. The van der Waals surface area contributed by atoms with E-state index in [-0.39, 0.29) is 18.1 Å². The number of methoxy groups -OCH3 is 1.